The lowest BCUT2D eigenvalue weighted by Gasteiger charge is -2.29. The summed E-state index contributed by atoms with van der Waals surface area (Å²) in [4.78, 5) is 17.6. The molecule has 1 aromatic rings. The van der Waals surface area contributed by atoms with Gasteiger partial charge in [-0.25, -0.2) is 4.98 Å². The molecule has 1 aromatic heterocycles. The van der Waals surface area contributed by atoms with Gasteiger partial charge in [0.25, 0.3) is 5.91 Å². The minimum absolute atomic E-state index is 0.255. The first-order valence-electron chi connectivity index (χ1n) is 6.80. The number of nitrogens with zero attached hydrogens (tertiary/aromatic N) is 2. The fourth-order valence-electron chi connectivity index (χ4n) is 1.97. The Bertz CT molecular complexity index is 431. The Labute approximate surface area is 115 Å². The molecule has 0 aliphatic carbocycles. The first-order chi connectivity index (χ1) is 8.97. The summed E-state index contributed by atoms with van der Waals surface area (Å²) in [5.74, 6) is 0.126. The third-order valence-electron chi connectivity index (χ3n) is 3.06. The molecule has 0 atom stereocenters. The molecule has 4 N–H and O–H groups in total. The van der Waals surface area contributed by atoms with Crippen LogP contribution in [0.1, 0.15) is 50.5 Å². The average molecular weight is 264 g/mol. The number of amides is 1. The summed E-state index contributed by atoms with van der Waals surface area (Å²) in [5, 5.41) is 0. The third-order valence-corrected chi connectivity index (χ3v) is 3.06. The van der Waals surface area contributed by atoms with E-state index >= 15 is 0 Å². The summed E-state index contributed by atoms with van der Waals surface area (Å²) in [6, 6.07) is 3.53. The molecule has 5 nitrogen and oxygen atoms in total. The lowest BCUT2D eigenvalue weighted by Crippen LogP contribution is -2.33. The van der Waals surface area contributed by atoms with E-state index in [1.807, 2.05) is 0 Å². The number of hydrogen-bond acceptors (Lipinski definition) is 4. The van der Waals surface area contributed by atoms with Crippen LogP contribution in [0.15, 0.2) is 12.1 Å². The largest absolute Gasteiger partial charge is 0.396 e. The molecule has 0 saturated carbocycles. The van der Waals surface area contributed by atoms with E-state index in [9.17, 15) is 4.79 Å². The molecule has 0 radical (unpaired) electrons. The Balaban J connectivity index is 3.00. The zero-order chi connectivity index (χ0) is 14.4. The summed E-state index contributed by atoms with van der Waals surface area (Å²) < 4.78 is 0. The highest BCUT2D eigenvalue weighted by Gasteiger charge is 2.16. The molecule has 0 unspecified atom stereocenters. The van der Waals surface area contributed by atoms with Gasteiger partial charge in [0.05, 0.1) is 5.69 Å². The lowest BCUT2D eigenvalue weighted by atomic mass is 10.2. The minimum atomic E-state index is -0.529. The highest BCUT2D eigenvalue weighted by Crippen LogP contribution is 2.23. The van der Waals surface area contributed by atoms with E-state index in [0.717, 1.165) is 19.4 Å². The maximum Gasteiger partial charge on any atom is 0.267 e. The van der Waals surface area contributed by atoms with Crippen LogP contribution < -0.4 is 16.4 Å². The molecule has 0 bridgehead atoms. The molecule has 106 valence electrons. The number of carbonyl (C=O) groups is 1. The number of primary amides is 1. The Morgan fingerprint density at radius 1 is 1.37 bits per heavy atom. The lowest BCUT2D eigenvalue weighted by molar-refractivity contribution is 0.0995. The van der Waals surface area contributed by atoms with Crippen LogP contribution in [-0.4, -0.2) is 23.5 Å². The van der Waals surface area contributed by atoms with Gasteiger partial charge in [-0.1, -0.05) is 19.8 Å². The van der Waals surface area contributed by atoms with E-state index in [1.165, 1.54) is 6.42 Å². The van der Waals surface area contributed by atoms with Crippen molar-refractivity contribution in [3.63, 3.8) is 0 Å². The molecular formula is C14H24N4O. The Morgan fingerprint density at radius 2 is 2.05 bits per heavy atom. The third kappa shape index (κ3) is 4.12. The fraction of sp³-hybridized carbons (Fsp3) is 0.571. The van der Waals surface area contributed by atoms with Crippen molar-refractivity contribution in [2.75, 3.05) is 17.2 Å². The van der Waals surface area contributed by atoms with Crippen molar-refractivity contribution < 1.29 is 4.79 Å². The maximum absolute atomic E-state index is 11.2. The van der Waals surface area contributed by atoms with E-state index in [0.29, 0.717) is 11.5 Å². The molecule has 1 amide bonds. The molecule has 0 aliphatic rings. The summed E-state index contributed by atoms with van der Waals surface area (Å²) in [6.07, 6.45) is 3.41. The van der Waals surface area contributed by atoms with Gasteiger partial charge in [0.1, 0.15) is 5.69 Å². The monoisotopic (exact) mass is 264 g/mol. The summed E-state index contributed by atoms with van der Waals surface area (Å²) in [6.45, 7) is 7.22. The number of unbranched alkanes of at least 4 members (excludes halogenated alkanes) is 2. The van der Waals surface area contributed by atoms with Gasteiger partial charge < -0.3 is 16.4 Å². The molecular weight excluding hydrogens is 240 g/mol. The van der Waals surface area contributed by atoms with Crippen molar-refractivity contribution in [3.05, 3.63) is 17.8 Å². The van der Waals surface area contributed by atoms with Crippen LogP contribution in [0.3, 0.4) is 0 Å². The van der Waals surface area contributed by atoms with Crippen molar-refractivity contribution in [2.45, 2.75) is 46.1 Å². The van der Waals surface area contributed by atoms with Crippen LogP contribution in [0.4, 0.5) is 11.5 Å². The fourth-order valence-corrected chi connectivity index (χ4v) is 1.97. The maximum atomic E-state index is 11.2. The molecule has 19 heavy (non-hydrogen) atoms. The molecule has 0 aromatic carbocycles. The summed E-state index contributed by atoms with van der Waals surface area (Å²) in [7, 11) is 0. The SMILES string of the molecule is CCCCCN(c1nc(C(N)=O)ccc1N)C(C)C. The zero-order valence-corrected chi connectivity index (χ0v) is 12.0. The topological polar surface area (TPSA) is 85.2 Å². The number of nitrogen functional groups attached to an aromatic ring is 1. The second-order valence-electron chi connectivity index (χ2n) is 4.97. The van der Waals surface area contributed by atoms with Crippen molar-refractivity contribution >= 4 is 17.4 Å². The average Bonchev–Trinajstić information content (AvgIpc) is 2.35. The van der Waals surface area contributed by atoms with E-state index in [-0.39, 0.29) is 11.7 Å². The predicted molar refractivity (Wildman–Crippen MR) is 79.2 cm³/mol. The molecule has 1 rings (SSSR count). The molecule has 0 aliphatic heterocycles. The van der Waals surface area contributed by atoms with Crippen molar-refractivity contribution in [1.82, 2.24) is 4.98 Å². The number of anilines is 2. The van der Waals surface area contributed by atoms with E-state index in [4.69, 9.17) is 11.5 Å². The van der Waals surface area contributed by atoms with Crippen LogP contribution in [0, 0.1) is 0 Å². The highest BCUT2D eigenvalue weighted by atomic mass is 16.1. The summed E-state index contributed by atoms with van der Waals surface area (Å²) >= 11 is 0. The van der Waals surface area contributed by atoms with Gasteiger partial charge in [0, 0.05) is 12.6 Å². The molecule has 5 heteroatoms. The number of nitrogens with two attached hydrogens (primary N) is 2. The smallest absolute Gasteiger partial charge is 0.267 e. The quantitative estimate of drug-likeness (QED) is 0.739. The Hall–Kier alpha value is -1.78. The molecule has 0 spiro atoms. The highest BCUT2D eigenvalue weighted by molar-refractivity contribution is 5.91. The van der Waals surface area contributed by atoms with Crippen LogP contribution in [0.25, 0.3) is 0 Å². The second-order valence-corrected chi connectivity index (χ2v) is 4.97. The van der Waals surface area contributed by atoms with Crippen molar-refractivity contribution in [2.24, 2.45) is 5.73 Å². The second kappa shape index (κ2) is 6.97. The Morgan fingerprint density at radius 3 is 2.58 bits per heavy atom. The minimum Gasteiger partial charge on any atom is -0.396 e. The van der Waals surface area contributed by atoms with E-state index < -0.39 is 5.91 Å². The van der Waals surface area contributed by atoms with Crippen LogP contribution in [-0.2, 0) is 0 Å². The standard InChI is InChI=1S/C14H24N4O/c1-4-5-6-9-18(10(2)3)14-11(15)7-8-12(17-14)13(16)19/h7-8,10H,4-6,9,15H2,1-3H3,(H2,16,19). The van der Waals surface area contributed by atoms with Crippen molar-refractivity contribution in [1.29, 1.82) is 0 Å². The number of rotatable bonds is 7. The predicted octanol–water partition coefficient (Wildman–Crippen LogP) is 2.17. The van der Waals surface area contributed by atoms with Gasteiger partial charge in [0.15, 0.2) is 5.82 Å². The van der Waals surface area contributed by atoms with Gasteiger partial charge in [-0.2, -0.15) is 0 Å². The molecule has 0 saturated heterocycles. The van der Waals surface area contributed by atoms with Crippen molar-refractivity contribution in [3.8, 4) is 0 Å². The van der Waals surface area contributed by atoms with Crippen LogP contribution >= 0.6 is 0 Å². The molecule has 1 heterocycles. The van der Waals surface area contributed by atoms with E-state index in [2.05, 4.69) is 30.7 Å². The van der Waals surface area contributed by atoms with Gasteiger partial charge in [0.2, 0.25) is 0 Å². The van der Waals surface area contributed by atoms with Gasteiger partial charge >= 0.3 is 0 Å². The first kappa shape index (κ1) is 15.3. The molecule has 0 fully saturated rings. The number of carbonyl (C=O) groups excluding carboxylic acids is 1. The zero-order valence-electron chi connectivity index (χ0n) is 12.0. The van der Waals surface area contributed by atoms with Gasteiger partial charge in [-0.05, 0) is 32.4 Å². The van der Waals surface area contributed by atoms with E-state index in [1.54, 1.807) is 12.1 Å². The first-order valence-corrected chi connectivity index (χ1v) is 6.80. The normalized spacial score (nSPS) is 10.7. The number of aromatic nitrogens is 1. The van der Waals surface area contributed by atoms with Gasteiger partial charge in [-0.3, -0.25) is 4.79 Å². The number of hydrogen-bond donors (Lipinski definition) is 2. The number of pyridine rings is 1. The van der Waals surface area contributed by atoms with Crippen LogP contribution in [0.2, 0.25) is 0 Å². The van der Waals surface area contributed by atoms with Gasteiger partial charge in [-0.15, -0.1) is 0 Å². The Kier molecular flexibility index (Phi) is 5.60. The van der Waals surface area contributed by atoms with Crippen LogP contribution in [0.5, 0.6) is 0 Å². The summed E-state index contributed by atoms with van der Waals surface area (Å²) in [5.41, 5.74) is 12.1.